The maximum Gasteiger partial charge on any atom is 0.193 e. The number of nitrogens with one attached hydrogen (secondary N) is 1. The predicted octanol–water partition coefficient (Wildman–Crippen LogP) is 3.94. The van der Waals surface area contributed by atoms with Crippen molar-refractivity contribution in [3.8, 4) is 0 Å². The molecule has 1 aliphatic rings. The molecule has 1 aromatic carbocycles. The van der Waals surface area contributed by atoms with Gasteiger partial charge in [0.2, 0.25) is 0 Å². The summed E-state index contributed by atoms with van der Waals surface area (Å²) in [6.07, 6.45) is 3.56. The zero-order valence-corrected chi connectivity index (χ0v) is 16.8. The number of hydrogen-bond donors (Lipinski definition) is 1. The Morgan fingerprint density at radius 3 is 2.72 bits per heavy atom. The van der Waals surface area contributed by atoms with Crippen LogP contribution in [0.15, 0.2) is 29.3 Å². The van der Waals surface area contributed by atoms with Crippen LogP contribution in [0.5, 0.6) is 0 Å². The maximum absolute atomic E-state index is 6.15. The van der Waals surface area contributed by atoms with Gasteiger partial charge in [0.05, 0.1) is 0 Å². The van der Waals surface area contributed by atoms with Crippen molar-refractivity contribution >= 4 is 17.6 Å². The summed E-state index contributed by atoms with van der Waals surface area (Å²) in [5.41, 5.74) is 1.20. The maximum atomic E-state index is 6.15. The highest BCUT2D eigenvalue weighted by atomic mass is 35.5. The van der Waals surface area contributed by atoms with Gasteiger partial charge in [-0.3, -0.25) is 4.99 Å². The number of nitrogens with zero attached hydrogens (tertiary/aromatic N) is 2. The minimum atomic E-state index is -0.0254. The molecule has 0 amide bonds. The molecular weight excluding hydrogens is 334 g/mol. The molecule has 0 bridgehead atoms. The van der Waals surface area contributed by atoms with E-state index in [1.165, 1.54) is 24.8 Å². The Balaban J connectivity index is 1.85. The summed E-state index contributed by atoms with van der Waals surface area (Å²) < 4.78 is 5.44. The summed E-state index contributed by atoms with van der Waals surface area (Å²) in [5.74, 6) is 1.72. The predicted molar refractivity (Wildman–Crippen MR) is 107 cm³/mol. The quantitative estimate of drug-likeness (QED) is 0.612. The average molecular weight is 366 g/mol. The van der Waals surface area contributed by atoms with Crippen LogP contribution in [-0.2, 0) is 10.2 Å². The summed E-state index contributed by atoms with van der Waals surface area (Å²) in [7, 11) is 3.96. The average Bonchev–Trinajstić information content (AvgIpc) is 2.61. The zero-order chi connectivity index (χ0) is 18.3. The molecule has 1 aliphatic heterocycles. The molecule has 5 heteroatoms. The van der Waals surface area contributed by atoms with E-state index in [9.17, 15) is 0 Å². The SMILES string of the molecule is CN=C(NCC(C)(C)c1cccc(Cl)c1)N(C)CCC1CCOCC1. The van der Waals surface area contributed by atoms with E-state index in [1.807, 2.05) is 25.2 Å². The number of guanidine groups is 1. The van der Waals surface area contributed by atoms with E-state index < -0.39 is 0 Å². The van der Waals surface area contributed by atoms with Crippen molar-refractivity contribution in [3.63, 3.8) is 0 Å². The molecule has 0 atom stereocenters. The third-order valence-electron chi connectivity index (χ3n) is 5.08. The van der Waals surface area contributed by atoms with Gasteiger partial charge in [0.15, 0.2) is 5.96 Å². The van der Waals surface area contributed by atoms with Gasteiger partial charge in [0.1, 0.15) is 0 Å². The minimum Gasteiger partial charge on any atom is -0.381 e. The Labute approximate surface area is 157 Å². The number of benzene rings is 1. The molecule has 4 nitrogen and oxygen atoms in total. The van der Waals surface area contributed by atoms with Gasteiger partial charge in [-0.1, -0.05) is 37.6 Å². The van der Waals surface area contributed by atoms with Gasteiger partial charge in [-0.25, -0.2) is 0 Å². The fourth-order valence-corrected chi connectivity index (χ4v) is 3.40. The third kappa shape index (κ3) is 6.19. The monoisotopic (exact) mass is 365 g/mol. The van der Waals surface area contributed by atoms with Crippen LogP contribution in [0.4, 0.5) is 0 Å². The Hall–Kier alpha value is -1.26. The van der Waals surface area contributed by atoms with Gasteiger partial charge in [-0.2, -0.15) is 0 Å². The second-order valence-electron chi connectivity index (χ2n) is 7.56. The first-order valence-electron chi connectivity index (χ1n) is 9.18. The first-order valence-corrected chi connectivity index (χ1v) is 9.56. The van der Waals surface area contributed by atoms with Crippen molar-refractivity contribution < 1.29 is 4.74 Å². The Morgan fingerprint density at radius 1 is 1.36 bits per heavy atom. The lowest BCUT2D eigenvalue weighted by molar-refractivity contribution is 0.0625. The number of ether oxygens (including phenoxy) is 1. The lowest BCUT2D eigenvalue weighted by Crippen LogP contribution is -2.44. The van der Waals surface area contributed by atoms with Crippen molar-refractivity contribution in [2.45, 2.75) is 38.5 Å². The molecule has 25 heavy (non-hydrogen) atoms. The summed E-state index contributed by atoms with van der Waals surface area (Å²) >= 11 is 6.15. The third-order valence-corrected chi connectivity index (χ3v) is 5.32. The second kappa shape index (κ2) is 9.44. The highest BCUT2D eigenvalue weighted by Gasteiger charge is 2.22. The van der Waals surface area contributed by atoms with Gasteiger partial charge >= 0.3 is 0 Å². The van der Waals surface area contributed by atoms with Gasteiger partial charge in [0.25, 0.3) is 0 Å². The Morgan fingerprint density at radius 2 is 2.08 bits per heavy atom. The van der Waals surface area contributed by atoms with Crippen LogP contribution in [0.1, 0.15) is 38.7 Å². The van der Waals surface area contributed by atoms with E-state index in [-0.39, 0.29) is 5.41 Å². The number of halogens is 1. The van der Waals surface area contributed by atoms with Crippen molar-refractivity contribution in [1.29, 1.82) is 0 Å². The number of aliphatic imine (C=N–C) groups is 1. The van der Waals surface area contributed by atoms with E-state index in [0.29, 0.717) is 0 Å². The van der Waals surface area contributed by atoms with Crippen LogP contribution in [0.25, 0.3) is 0 Å². The lowest BCUT2D eigenvalue weighted by Gasteiger charge is -2.30. The van der Waals surface area contributed by atoms with Crippen LogP contribution in [0, 0.1) is 5.92 Å². The molecule has 0 aliphatic carbocycles. The smallest absolute Gasteiger partial charge is 0.193 e. The van der Waals surface area contributed by atoms with Crippen molar-refractivity contribution in [2.75, 3.05) is 40.4 Å². The summed E-state index contributed by atoms with van der Waals surface area (Å²) in [6.45, 7) is 8.09. The lowest BCUT2D eigenvalue weighted by atomic mass is 9.84. The molecule has 0 aromatic heterocycles. The summed E-state index contributed by atoms with van der Waals surface area (Å²) in [5, 5.41) is 4.30. The fourth-order valence-electron chi connectivity index (χ4n) is 3.21. The van der Waals surface area contributed by atoms with Gasteiger partial charge in [-0.05, 0) is 42.9 Å². The molecule has 1 heterocycles. The van der Waals surface area contributed by atoms with Gasteiger partial charge in [0, 0.05) is 50.8 Å². The standard InChI is InChI=1S/C20H32ClN3O/c1-20(2,17-6-5-7-18(21)14-17)15-23-19(22-3)24(4)11-8-16-9-12-25-13-10-16/h5-7,14,16H,8-13,15H2,1-4H3,(H,22,23). The van der Waals surface area contributed by atoms with Crippen molar-refractivity contribution in [1.82, 2.24) is 10.2 Å². The Bertz CT molecular complexity index is 568. The molecule has 140 valence electrons. The number of hydrogen-bond acceptors (Lipinski definition) is 2. The highest BCUT2D eigenvalue weighted by Crippen LogP contribution is 2.25. The van der Waals surface area contributed by atoms with Crippen molar-refractivity contribution in [2.24, 2.45) is 10.9 Å². The molecule has 0 saturated carbocycles. The zero-order valence-electron chi connectivity index (χ0n) is 16.0. The van der Waals surface area contributed by atoms with E-state index in [1.54, 1.807) is 0 Å². The normalized spacial score (nSPS) is 16.8. The summed E-state index contributed by atoms with van der Waals surface area (Å²) in [6, 6.07) is 8.10. The molecule has 1 saturated heterocycles. The van der Waals surface area contributed by atoms with Crippen LogP contribution >= 0.6 is 11.6 Å². The van der Waals surface area contributed by atoms with E-state index in [4.69, 9.17) is 16.3 Å². The van der Waals surface area contributed by atoms with Crippen LogP contribution < -0.4 is 5.32 Å². The molecule has 0 spiro atoms. The first-order chi connectivity index (χ1) is 11.9. The Kier molecular flexibility index (Phi) is 7.57. The van der Waals surface area contributed by atoms with E-state index in [2.05, 4.69) is 42.2 Å². The van der Waals surface area contributed by atoms with Crippen molar-refractivity contribution in [3.05, 3.63) is 34.9 Å². The minimum absolute atomic E-state index is 0.0254. The molecular formula is C20H32ClN3O. The van der Waals surface area contributed by atoms with Crippen LogP contribution in [0.3, 0.4) is 0 Å². The molecule has 1 aromatic rings. The van der Waals surface area contributed by atoms with Gasteiger partial charge < -0.3 is 15.0 Å². The van der Waals surface area contributed by atoms with E-state index in [0.717, 1.165) is 43.2 Å². The topological polar surface area (TPSA) is 36.9 Å². The fraction of sp³-hybridized carbons (Fsp3) is 0.650. The molecule has 1 fully saturated rings. The molecule has 2 rings (SSSR count). The van der Waals surface area contributed by atoms with Crippen LogP contribution in [-0.4, -0.2) is 51.3 Å². The largest absolute Gasteiger partial charge is 0.381 e. The van der Waals surface area contributed by atoms with E-state index >= 15 is 0 Å². The number of rotatable bonds is 6. The highest BCUT2D eigenvalue weighted by molar-refractivity contribution is 6.30. The van der Waals surface area contributed by atoms with Gasteiger partial charge in [-0.15, -0.1) is 0 Å². The second-order valence-corrected chi connectivity index (χ2v) is 8.00. The molecule has 0 radical (unpaired) electrons. The molecule has 0 unspecified atom stereocenters. The summed E-state index contributed by atoms with van der Waals surface area (Å²) in [4.78, 5) is 6.67. The first kappa shape index (κ1) is 20.1. The molecule has 1 N–H and O–H groups in total. The van der Waals surface area contributed by atoms with Crippen LogP contribution in [0.2, 0.25) is 5.02 Å².